The molecule has 0 saturated heterocycles. The Labute approximate surface area is 131 Å². The van der Waals surface area contributed by atoms with Crippen LogP contribution in [0.15, 0.2) is 0 Å². The van der Waals surface area contributed by atoms with E-state index in [2.05, 4.69) is 26.1 Å². The molecule has 4 heteroatoms. The summed E-state index contributed by atoms with van der Waals surface area (Å²) in [4.78, 5) is 12.1. The summed E-state index contributed by atoms with van der Waals surface area (Å²) in [5.41, 5.74) is -0.341. The maximum atomic E-state index is 12.1. The molecular weight excluding hydrogens is 266 g/mol. The van der Waals surface area contributed by atoms with E-state index in [1.807, 2.05) is 27.7 Å². The van der Waals surface area contributed by atoms with Crippen molar-refractivity contribution in [1.82, 2.24) is 5.32 Å². The topological polar surface area (TPSA) is 47.6 Å². The average Bonchev–Trinajstić information content (AvgIpc) is 2.33. The van der Waals surface area contributed by atoms with Gasteiger partial charge in [-0.3, -0.25) is 4.79 Å². The van der Waals surface area contributed by atoms with Gasteiger partial charge in [0.05, 0.1) is 31.3 Å². The highest BCUT2D eigenvalue weighted by atomic mass is 16.5. The highest BCUT2D eigenvalue weighted by Gasteiger charge is 2.28. The fourth-order valence-electron chi connectivity index (χ4n) is 2.10. The van der Waals surface area contributed by atoms with Crippen LogP contribution in [0.25, 0.3) is 0 Å². The molecule has 0 radical (unpaired) electrons. The third-order valence-corrected chi connectivity index (χ3v) is 3.34. The molecule has 0 unspecified atom stereocenters. The smallest absolute Gasteiger partial charge is 0.228 e. The third-order valence-electron chi connectivity index (χ3n) is 3.34. The molecule has 0 atom stereocenters. The maximum absolute atomic E-state index is 12.1. The summed E-state index contributed by atoms with van der Waals surface area (Å²) in [6.45, 7) is 16.6. The van der Waals surface area contributed by atoms with Gasteiger partial charge in [-0.05, 0) is 39.5 Å². The summed E-state index contributed by atoms with van der Waals surface area (Å²) < 4.78 is 11.2. The number of carbonyl (C=O) groups excluding carboxylic acids is 1. The number of nitrogens with one attached hydrogen (secondary N) is 1. The predicted molar refractivity (Wildman–Crippen MR) is 87.4 cm³/mol. The largest absolute Gasteiger partial charge is 0.380 e. The molecule has 1 N–H and O–H groups in total. The molecule has 0 bridgehead atoms. The van der Waals surface area contributed by atoms with Gasteiger partial charge >= 0.3 is 0 Å². The Hall–Kier alpha value is -0.610. The van der Waals surface area contributed by atoms with Crippen LogP contribution < -0.4 is 5.32 Å². The number of ether oxygens (including phenoxy) is 2. The van der Waals surface area contributed by atoms with Crippen LogP contribution in [0.3, 0.4) is 0 Å². The molecule has 0 aromatic carbocycles. The molecule has 21 heavy (non-hydrogen) atoms. The Morgan fingerprint density at radius 3 is 2.29 bits per heavy atom. The molecule has 0 heterocycles. The Morgan fingerprint density at radius 2 is 1.76 bits per heavy atom. The quantitative estimate of drug-likeness (QED) is 0.595. The van der Waals surface area contributed by atoms with Gasteiger partial charge in [-0.25, -0.2) is 0 Å². The van der Waals surface area contributed by atoms with E-state index < -0.39 is 5.41 Å². The van der Waals surface area contributed by atoms with Crippen LogP contribution in [0.2, 0.25) is 0 Å². The number of carbonyl (C=O) groups is 1. The second kappa shape index (κ2) is 9.42. The molecule has 0 rings (SSSR count). The van der Waals surface area contributed by atoms with Crippen LogP contribution in [-0.4, -0.2) is 38.4 Å². The van der Waals surface area contributed by atoms with Gasteiger partial charge in [0.25, 0.3) is 0 Å². The summed E-state index contributed by atoms with van der Waals surface area (Å²) in [6, 6.07) is 0. The Balaban J connectivity index is 4.03. The summed E-state index contributed by atoms with van der Waals surface area (Å²) in [5.74, 6) is 0.0168. The van der Waals surface area contributed by atoms with Gasteiger partial charge < -0.3 is 14.8 Å². The number of hydrogen-bond acceptors (Lipinski definition) is 3. The lowest BCUT2D eigenvalue weighted by Crippen LogP contribution is -2.42. The fraction of sp³-hybridized carbons (Fsp3) is 0.941. The molecular formula is C17H35NO3. The molecule has 0 aromatic rings. The van der Waals surface area contributed by atoms with Crippen molar-refractivity contribution in [2.24, 2.45) is 10.8 Å². The zero-order valence-corrected chi connectivity index (χ0v) is 15.0. The molecule has 0 aliphatic heterocycles. The minimum atomic E-state index is -0.514. The first-order valence-corrected chi connectivity index (χ1v) is 8.08. The molecule has 0 aromatic heterocycles. The molecule has 1 amide bonds. The van der Waals surface area contributed by atoms with Crippen LogP contribution >= 0.6 is 0 Å². The van der Waals surface area contributed by atoms with Gasteiger partial charge in [-0.2, -0.15) is 0 Å². The van der Waals surface area contributed by atoms with Crippen molar-refractivity contribution in [3.63, 3.8) is 0 Å². The lowest BCUT2D eigenvalue weighted by molar-refractivity contribution is -0.133. The lowest BCUT2D eigenvalue weighted by Gasteiger charge is -2.28. The van der Waals surface area contributed by atoms with E-state index >= 15 is 0 Å². The normalized spacial score (nSPS) is 12.8. The molecule has 0 spiro atoms. The van der Waals surface area contributed by atoms with Crippen molar-refractivity contribution in [3.05, 3.63) is 0 Å². The zero-order valence-electron chi connectivity index (χ0n) is 15.0. The van der Waals surface area contributed by atoms with Crippen molar-refractivity contribution in [3.8, 4) is 0 Å². The number of hydrogen-bond donors (Lipinski definition) is 1. The molecule has 0 aliphatic carbocycles. The SMILES string of the molecule is CCCC(C)(C)COCC(C)(C)C(=O)NCCOC(C)C. The Morgan fingerprint density at radius 1 is 1.14 bits per heavy atom. The van der Waals surface area contributed by atoms with Crippen LogP contribution in [0, 0.1) is 10.8 Å². The van der Waals surface area contributed by atoms with Crippen molar-refractivity contribution < 1.29 is 14.3 Å². The minimum Gasteiger partial charge on any atom is -0.380 e. The second-order valence-corrected chi connectivity index (χ2v) is 7.47. The molecule has 126 valence electrons. The summed E-state index contributed by atoms with van der Waals surface area (Å²) >= 11 is 0. The van der Waals surface area contributed by atoms with E-state index in [4.69, 9.17) is 9.47 Å². The van der Waals surface area contributed by atoms with Crippen LogP contribution in [0.4, 0.5) is 0 Å². The van der Waals surface area contributed by atoms with Gasteiger partial charge in [0.1, 0.15) is 0 Å². The highest BCUT2D eigenvalue weighted by Crippen LogP contribution is 2.24. The first-order valence-electron chi connectivity index (χ1n) is 8.08. The Bertz CT molecular complexity index is 298. The summed E-state index contributed by atoms with van der Waals surface area (Å²) in [5, 5.41) is 2.91. The van der Waals surface area contributed by atoms with E-state index in [0.29, 0.717) is 26.4 Å². The van der Waals surface area contributed by atoms with Gasteiger partial charge in [0.2, 0.25) is 5.91 Å². The first kappa shape index (κ1) is 20.4. The van der Waals surface area contributed by atoms with Gasteiger partial charge in [-0.1, -0.05) is 27.2 Å². The summed E-state index contributed by atoms with van der Waals surface area (Å²) in [7, 11) is 0. The monoisotopic (exact) mass is 301 g/mol. The lowest BCUT2D eigenvalue weighted by atomic mass is 9.89. The van der Waals surface area contributed by atoms with E-state index in [9.17, 15) is 4.79 Å². The van der Waals surface area contributed by atoms with Crippen molar-refractivity contribution in [2.45, 2.75) is 67.4 Å². The van der Waals surface area contributed by atoms with E-state index in [0.717, 1.165) is 12.8 Å². The first-order chi connectivity index (χ1) is 9.60. The van der Waals surface area contributed by atoms with Crippen LogP contribution in [-0.2, 0) is 14.3 Å². The van der Waals surface area contributed by atoms with Crippen molar-refractivity contribution in [1.29, 1.82) is 0 Å². The standard InChI is InChI=1S/C17H35NO3/c1-8-9-16(4,5)12-20-13-17(6,7)15(19)18-10-11-21-14(2)3/h14H,8-13H2,1-7H3,(H,18,19). The number of amides is 1. The minimum absolute atomic E-state index is 0.0168. The molecule has 0 fully saturated rings. The van der Waals surface area contributed by atoms with Gasteiger partial charge in [0.15, 0.2) is 0 Å². The van der Waals surface area contributed by atoms with E-state index in [-0.39, 0.29) is 17.4 Å². The predicted octanol–water partition coefficient (Wildman–Crippen LogP) is 3.40. The number of rotatable bonds is 11. The molecule has 0 aliphatic rings. The van der Waals surface area contributed by atoms with Gasteiger partial charge in [0, 0.05) is 6.54 Å². The van der Waals surface area contributed by atoms with Crippen molar-refractivity contribution >= 4 is 5.91 Å². The molecule has 4 nitrogen and oxygen atoms in total. The zero-order chi connectivity index (χ0) is 16.5. The second-order valence-electron chi connectivity index (χ2n) is 7.47. The van der Waals surface area contributed by atoms with Crippen LogP contribution in [0.5, 0.6) is 0 Å². The maximum Gasteiger partial charge on any atom is 0.228 e. The Kier molecular flexibility index (Phi) is 9.14. The average molecular weight is 301 g/mol. The van der Waals surface area contributed by atoms with E-state index in [1.54, 1.807) is 0 Å². The molecule has 0 saturated carbocycles. The van der Waals surface area contributed by atoms with E-state index in [1.165, 1.54) is 0 Å². The van der Waals surface area contributed by atoms with Gasteiger partial charge in [-0.15, -0.1) is 0 Å². The van der Waals surface area contributed by atoms with Crippen molar-refractivity contribution in [2.75, 3.05) is 26.4 Å². The van der Waals surface area contributed by atoms with Crippen LogP contribution in [0.1, 0.15) is 61.3 Å². The third kappa shape index (κ3) is 9.86. The summed E-state index contributed by atoms with van der Waals surface area (Å²) in [6.07, 6.45) is 2.47. The highest BCUT2D eigenvalue weighted by molar-refractivity contribution is 5.81. The fourth-order valence-corrected chi connectivity index (χ4v) is 2.10.